The van der Waals surface area contributed by atoms with Crippen molar-refractivity contribution in [3.05, 3.63) is 63.9 Å². The van der Waals surface area contributed by atoms with Crippen molar-refractivity contribution in [3.63, 3.8) is 0 Å². The number of rotatable bonds is 4. The Morgan fingerprint density at radius 3 is 2.76 bits per heavy atom. The van der Waals surface area contributed by atoms with E-state index in [4.69, 9.17) is 9.84 Å². The first-order valence-electron chi connectivity index (χ1n) is 6.11. The predicted octanol–water partition coefficient (Wildman–Crippen LogP) is 4.79. The number of benzene rings is 2. The normalized spacial score (nSPS) is 10.8. The molecular formula is C16H12BrFO3. The topological polar surface area (TPSA) is 46.5 Å². The molecule has 0 spiro atoms. The lowest BCUT2D eigenvalue weighted by Gasteiger charge is -2.11. The maximum Gasteiger partial charge on any atom is 0.328 e. The van der Waals surface area contributed by atoms with Crippen LogP contribution in [0.4, 0.5) is 4.39 Å². The van der Waals surface area contributed by atoms with Gasteiger partial charge in [0.15, 0.2) is 11.6 Å². The highest BCUT2D eigenvalue weighted by Crippen LogP contribution is 2.34. The fraction of sp³-hybridized carbons (Fsp3) is 0.0625. The summed E-state index contributed by atoms with van der Waals surface area (Å²) < 4.78 is 20.2. The van der Waals surface area contributed by atoms with E-state index in [1.165, 1.54) is 18.2 Å². The van der Waals surface area contributed by atoms with Gasteiger partial charge in [0.05, 0.1) is 4.47 Å². The molecule has 0 radical (unpaired) electrons. The monoisotopic (exact) mass is 350 g/mol. The first kappa shape index (κ1) is 15.3. The molecular weight excluding hydrogens is 339 g/mol. The molecule has 2 rings (SSSR count). The zero-order valence-electron chi connectivity index (χ0n) is 11.1. The van der Waals surface area contributed by atoms with Crippen molar-refractivity contribution in [2.24, 2.45) is 0 Å². The Kier molecular flexibility index (Phi) is 4.75. The standard InChI is InChI=1S/C16H12BrFO3/c1-10-5-7-14(12(17)9-10)21-16-11(6-8-15(19)20)3-2-4-13(16)18/h2-9H,1H3,(H,19,20)/b8-6+. The van der Waals surface area contributed by atoms with Gasteiger partial charge in [-0.2, -0.15) is 0 Å². The molecule has 2 aromatic rings. The van der Waals surface area contributed by atoms with Gasteiger partial charge in [-0.15, -0.1) is 0 Å². The van der Waals surface area contributed by atoms with Gasteiger partial charge < -0.3 is 9.84 Å². The summed E-state index contributed by atoms with van der Waals surface area (Å²) in [6.45, 7) is 1.93. The highest BCUT2D eigenvalue weighted by Gasteiger charge is 2.11. The quantitative estimate of drug-likeness (QED) is 0.806. The summed E-state index contributed by atoms with van der Waals surface area (Å²) in [6.07, 6.45) is 2.23. The van der Waals surface area contributed by atoms with E-state index in [1.54, 1.807) is 12.1 Å². The zero-order valence-corrected chi connectivity index (χ0v) is 12.7. The third-order valence-electron chi connectivity index (χ3n) is 2.70. The molecule has 0 atom stereocenters. The average Bonchev–Trinajstić information content (AvgIpc) is 2.42. The maximum atomic E-state index is 13.9. The number of aryl methyl sites for hydroxylation is 1. The Bertz CT molecular complexity index is 711. The number of aliphatic carboxylic acids is 1. The number of hydrogen-bond acceptors (Lipinski definition) is 2. The number of hydrogen-bond donors (Lipinski definition) is 1. The molecule has 21 heavy (non-hydrogen) atoms. The Morgan fingerprint density at radius 2 is 2.10 bits per heavy atom. The van der Waals surface area contributed by atoms with Crippen molar-refractivity contribution in [1.82, 2.24) is 0 Å². The summed E-state index contributed by atoms with van der Waals surface area (Å²) in [7, 11) is 0. The largest absolute Gasteiger partial charge is 0.478 e. The van der Waals surface area contributed by atoms with E-state index < -0.39 is 11.8 Å². The number of halogens is 2. The molecule has 0 heterocycles. The van der Waals surface area contributed by atoms with Crippen molar-refractivity contribution in [1.29, 1.82) is 0 Å². The van der Waals surface area contributed by atoms with Crippen LogP contribution in [0.1, 0.15) is 11.1 Å². The molecule has 0 saturated carbocycles. The molecule has 0 aliphatic carbocycles. The van der Waals surface area contributed by atoms with Crippen LogP contribution in [-0.2, 0) is 4.79 Å². The van der Waals surface area contributed by atoms with Gasteiger partial charge >= 0.3 is 5.97 Å². The summed E-state index contributed by atoms with van der Waals surface area (Å²) >= 11 is 3.36. The van der Waals surface area contributed by atoms with E-state index in [2.05, 4.69) is 15.9 Å². The van der Waals surface area contributed by atoms with E-state index in [0.29, 0.717) is 15.8 Å². The highest BCUT2D eigenvalue weighted by molar-refractivity contribution is 9.10. The second-order valence-corrected chi connectivity index (χ2v) is 5.22. The fourth-order valence-corrected chi connectivity index (χ4v) is 2.30. The van der Waals surface area contributed by atoms with Crippen molar-refractivity contribution in [2.75, 3.05) is 0 Å². The van der Waals surface area contributed by atoms with Crippen LogP contribution in [-0.4, -0.2) is 11.1 Å². The summed E-state index contributed by atoms with van der Waals surface area (Å²) in [5.41, 5.74) is 1.39. The molecule has 0 aliphatic rings. The van der Waals surface area contributed by atoms with Gasteiger partial charge in [0.1, 0.15) is 5.75 Å². The number of carbonyl (C=O) groups is 1. The van der Waals surface area contributed by atoms with E-state index in [-0.39, 0.29) is 5.75 Å². The Morgan fingerprint density at radius 1 is 1.33 bits per heavy atom. The van der Waals surface area contributed by atoms with E-state index in [1.807, 2.05) is 19.1 Å². The maximum absolute atomic E-state index is 13.9. The second kappa shape index (κ2) is 6.54. The predicted molar refractivity (Wildman–Crippen MR) is 82.0 cm³/mol. The van der Waals surface area contributed by atoms with Crippen LogP contribution in [0.15, 0.2) is 46.9 Å². The van der Waals surface area contributed by atoms with Crippen LogP contribution in [0, 0.1) is 12.7 Å². The Hall–Kier alpha value is -2.14. The highest BCUT2D eigenvalue weighted by atomic mass is 79.9. The van der Waals surface area contributed by atoms with Crippen molar-refractivity contribution in [3.8, 4) is 11.5 Å². The van der Waals surface area contributed by atoms with Gasteiger partial charge in [-0.05, 0) is 52.7 Å². The molecule has 0 saturated heterocycles. The molecule has 0 aliphatic heterocycles. The second-order valence-electron chi connectivity index (χ2n) is 4.37. The van der Waals surface area contributed by atoms with Crippen LogP contribution >= 0.6 is 15.9 Å². The van der Waals surface area contributed by atoms with E-state index in [0.717, 1.165) is 11.6 Å². The summed E-state index contributed by atoms with van der Waals surface area (Å²) in [5.74, 6) is -1.23. The van der Waals surface area contributed by atoms with Crippen LogP contribution in [0.3, 0.4) is 0 Å². The summed E-state index contributed by atoms with van der Waals surface area (Å²) in [4.78, 5) is 10.6. The van der Waals surface area contributed by atoms with Gasteiger partial charge in [-0.1, -0.05) is 18.2 Å². The first-order valence-corrected chi connectivity index (χ1v) is 6.90. The van der Waals surface area contributed by atoms with Gasteiger partial charge in [-0.25, -0.2) is 9.18 Å². The van der Waals surface area contributed by atoms with Crippen molar-refractivity contribution in [2.45, 2.75) is 6.92 Å². The lowest BCUT2D eigenvalue weighted by molar-refractivity contribution is -0.131. The molecule has 3 nitrogen and oxygen atoms in total. The third kappa shape index (κ3) is 3.92. The lowest BCUT2D eigenvalue weighted by atomic mass is 10.1. The lowest BCUT2D eigenvalue weighted by Crippen LogP contribution is -1.93. The molecule has 0 unspecified atom stereocenters. The minimum Gasteiger partial charge on any atom is -0.478 e. The first-order chi connectivity index (χ1) is 9.97. The number of carboxylic acids is 1. The van der Waals surface area contributed by atoms with Gasteiger partial charge in [0, 0.05) is 11.6 Å². The molecule has 2 aromatic carbocycles. The van der Waals surface area contributed by atoms with E-state index in [9.17, 15) is 9.18 Å². The summed E-state index contributed by atoms with van der Waals surface area (Å²) in [6, 6.07) is 9.75. The third-order valence-corrected chi connectivity index (χ3v) is 3.32. The number of para-hydroxylation sites is 1. The van der Waals surface area contributed by atoms with Crippen LogP contribution in [0.2, 0.25) is 0 Å². The average molecular weight is 351 g/mol. The molecule has 5 heteroatoms. The number of ether oxygens (including phenoxy) is 1. The smallest absolute Gasteiger partial charge is 0.328 e. The van der Waals surface area contributed by atoms with Gasteiger partial charge in [0.25, 0.3) is 0 Å². The molecule has 0 amide bonds. The SMILES string of the molecule is Cc1ccc(Oc2c(F)cccc2/C=C/C(=O)O)c(Br)c1. The molecule has 0 aromatic heterocycles. The molecule has 1 N–H and O–H groups in total. The van der Waals surface area contributed by atoms with Crippen molar-refractivity contribution >= 4 is 28.0 Å². The van der Waals surface area contributed by atoms with Crippen molar-refractivity contribution < 1.29 is 19.0 Å². The molecule has 0 fully saturated rings. The Labute approximate surface area is 129 Å². The molecule has 0 bridgehead atoms. The van der Waals surface area contributed by atoms with Gasteiger partial charge in [-0.3, -0.25) is 0 Å². The summed E-state index contributed by atoms with van der Waals surface area (Å²) in [5, 5.41) is 8.67. The minimum absolute atomic E-state index is 0.0143. The van der Waals surface area contributed by atoms with Crippen LogP contribution < -0.4 is 4.74 Å². The van der Waals surface area contributed by atoms with E-state index >= 15 is 0 Å². The van der Waals surface area contributed by atoms with Crippen LogP contribution in [0.25, 0.3) is 6.08 Å². The zero-order chi connectivity index (χ0) is 15.4. The number of carboxylic acid groups (broad SMARTS) is 1. The van der Waals surface area contributed by atoms with Crippen LogP contribution in [0.5, 0.6) is 11.5 Å². The fourth-order valence-electron chi connectivity index (χ4n) is 1.72. The minimum atomic E-state index is -1.11. The molecule has 108 valence electrons. The van der Waals surface area contributed by atoms with Gasteiger partial charge in [0.2, 0.25) is 0 Å². The Balaban J connectivity index is 2.41.